The summed E-state index contributed by atoms with van der Waals surface area (Å²) in [7, 11) is 0. The summed E-state index contributed by atoms with van der Waals surface area (Å²) >= 11 is 5.86. The Bertz CT molecular complexity index is 921. The summed E-state index contributed by atoms with van der Waals surface area (Å²) in [5.41, 5.74) is 1.29. The Morgan fingerprint density at radius 3 is 2.46 bits per heavy atom. The van der Waals surface area contributed by atoms with E-state index < -0.39 is 5.97 Å². The number of aromatic nitrogens is 2. The number of para-hydroxylation sites is 1. The number of nitrogens with one attached hydrogen (secondary N) is 1. The Balaban J connectivity index is 1.99. The van der Waals surface area contributed by atoms with E-state index in [1.807, 2.05) is 30.3 Å². The Morgan fingerprint density at radius 2 is 1.81 bits per heavy atom. The lowest BCUT2D eigenvalue weighted by atomic mass is 10.2. The molecular formula is C19H16ClN3O3. The number of carbonyl (C=O) groups excluding carboxylic acids is 2. The molecule has 0 bridgehead atoms. The second kappa shape index (κ2) is 7.84. The average molecular weight is 370 g/mol. The van der Waals surface area contributed by atoms with E-state index in [1.165, 1.54) is 10.9 Å². The number of benzene rings is 2. The topological polar surface area (TPSA) is 73.2 Å². The van der Waals surface area contributed by atoms with Crippen LogP contribution >= 0.6 is 11.6 Å². The first-order valence-corrected chi connectivity index (χ1v) is 8.35. The maximum atomic E-state index is 12.6. The summed E-state index contributed by atoms with van der Waals surface area (Å²) in [4.78, 5) is 24.8. The number of ether oxygens (including phenoxy) is 1. The SMILES string of the molecule is CCOC(=O)c1cnn(-c2ccccc2)c1NC(=O)c1ccc(Cl)cc1. The second-order valence-electron chi connectivity index (χ2n) is 5.34. The van der Waals surface area contributed by atoms with Gasteiger partial charge in [0.2, 0.25) is 0 Å². The number of amides is 1. The monoisotopic (exact) mass is 369 g/mol. The van der Waals surface area contributed by atoms with E-state index in [-0.39, 0.29) is 23.9 Å². The van der Waals surface area contributed by atoms with Gasteiger partial charge in [0.15, 0.2) is 5.82 Å². The molecule has 0 spiro atoms. The molecule has 1 aromatic heterocycles. The van der Waals surface area contributed by atoms with Gasteiger partial charge in [-0.15, -0.1) is 0 Å². The molecule has 1 N–H and O–H groups in total. The van der Waals surface area contributed by atoms with Gasteiger partial charge in [-0.1, -0.05) is 29.8 Å². The van der Waals surface area contributed by atoms with Crippen molar-refractivity contribution in [3.63, 3.8) is 0 Å². The van der Waals surface area contributed by atoms with Crippen molar-refractivity contribution < 1.29 is 14.3 Å². The normalized spacial score (nSPS) is 10.4. The molecule has 6 nitrogen and oxygen atoms in total. The zero-order chi connectivity index (χ0) is 18.5. The predicted octanol–water partition coefficient (Wildman–Crippen LogP) is 3.95. The van der Waals surface area contributed by atoms with Gasteiger partial charge in [-0.2, -0.15) is 5.10 Å². The number of halogens is 1. The first kappa shape index (κ1) is 17.7. The highest BCUT2D eigenvalue weighted by molar-refractivity contribution is 6.30. The van der Waals surface area contributed by atoms with E-state index in [0.717, 1.165) is 0 Å². The summed E-state index contributed by atoms with van der Waals surface area (Å²) < 4.78 is 6.55. The van der Waals surface area contributed by atoms with E-state index in [2.05, 4.69) is 10.4 Å². The highest BCUT2D eigenvalue weighted by Gasteiger charge is 2.22. The lowest BCUT2D eigenvalue weighted by molar-refractivity contribution is 0.0527. The summed E-state index contributed by atoms with van der Waals surface area (Å²) in [6.07, 6.45) is 1.38. The molecule has 0 radical (unpaired) electrons. The largest absolute Gasteiger partial charge is 0.462 e. The zero-order valence-electron chi connectivity index (χ0n) is 14.0. The molecule has 0 fully saturated rings. The van der Waals surface area contributed by atoms with E-state index in [0.29, 0.717) is 16.3 Å². The molecule has 2 aromatic carbocycles. The molecule has 0 aliphatic carbocycles. The van der Waals surface area contributed by atoms with Crippen LogP contribution in [0.4, 0.5) is 5.82 Å². The third-order valence-corrected chi connectivity index (χ3v) is 3.86. The smallest absolute Gasteiger partial charge is 0.343 e. The van der Waals surface area contributed by atoms with Crippen LogP contribution in [0.25, 0.3) is 5.69 Å². The van der Waals surface area contributed by atoms with Crippen molar-refractivity contribution in [3.05, 3.63) is 76.9 Å². The Hall–Kier alpha value is -3.12. The van der Waals surface area contributed by atoms with Crippen LogP contribution in [0.5, 0.6) is 0 Å². The minimum absolute atomic E-state index is 0.179. The highest BCUT2D eigenvalue weighted by Crippen LogP contribution is 2.22. The van der Waals surface area contributed by atoms with Crippen LogP contribution in [0, 0.1) is 0 Å². The van der Waals surface area contributed by atoms with Gasteiger partial charge in [-0.3, -0.25) is 4.79 Å². The van der Waals surface area contributed by atoms with Crippen LogP contribution in [-0.2, 0) is 4.74 Å². The molecular weight excluding hydrogens is 354 g/mol. The second-order valence-corrected chi connectivity index (χ2v) is 5.77. The molecule has 0 aliphatic rings. The van der Waals surface area contributed by atoms with Crippen LogP contribution in [0.15, 0.2) is 60.8 Å². The minimum Gasteiger partial charge on any atom is -0.462 e. The van der Waals surface area contributed by atoms with Crippen molar-refractivity contribution in [2.45, 2.75) is 6.92 Å². The van der Waals surface area contributed by atoms with Gasteiger partial charge < -0.3 is 10.1 Å². The minimum atomic E-state index is -0.555. The van der Waals surface area contributed by atoms with Crippen molar-refractivity contribution >= 4 is 29.3 Å². The first-order valence-electron chi connectivity index (χ1n) is 7.97. The number of rotatable bonds is 5. The Labute approximate surface area is 155 Å². The molecule has 0 saturated carbocycles. The summed E-state index contributed by atoms with van der Waals surface area (Å²) in [6.45, 7) is 1.94. The van der Waals surface area contributed by atoms with Crippen LogP contribution in [0.3, 0.4) is 0 Å². The standard InChI is InChI=1S/C19H16ClN3O3/c1-2-26-19(25)16-12-21-23(15-6-4-3-5-7-15)17(16)22-18(24)13-8-10-14(20)11-9-13/h3-12H,2H2,1H3,(H,22,24). The summed E-state index contributed by atoms with van der Waals surface area (Å²) in [5.74, 6) is -0.694. The molecule has 1 heterocycles. The third kappa shape index (κ3) is 3.75. The maximum absolute atomic E-state index is 12.6. The molecule has 132 valence electrons. The average Bonchev–Trinajstić information content (AvgIpc) is 3.07. The molecule has 0 atom stereocenters. The predicted molar refractivity (Wildman–Crippen MR) is 98.9 cm³/mol. The molecule has 0 unspecified atom stereocenters. The quantitative estimate of drug-likeness (QED) is 0.691. The fourth-order valence-corrected chi connectivity index (χ4v) is 2.50. The number of carbonyl (C=O) groups is 2. The molecule has 0 saturated heterocycles. The van der Waals surface area contributed by atoms with Crippen molar-refractivity contribution in [1.29, 1.82) is 0 Å². The number of esters is 1. The van der Waals surface area contributed by atoms with Crippen LogP contribution in [0.1, 0.15) is 27.6 Å². The van der Waals surface area contributed by atoms with E-state index in [1.54, 1.807) is 31.2 Å². The van der Waals surface area contributed by atoms with E-state index in [4.69, 9.17) is 16.3 Å². The van der Waals surface area contributed by atoms with Gasteiger partial charge in [0.05, 0.1) is 18.5 Å². The van der Waals surface area contributed by atoms with Crippen molar-refractivity contribution in [2.75, 3.05) is 11.9 Å². The van der Waals surface area contributed by atoms with Crippen molar-refractivity contribution in [3.8, 4) is 5.69 Å². The molecule has 3 aromatic rings. The first-order chi connectivity index (χ1) is 12.6. The van der Waals surface area contributed by atoms with Gasteiger partial charge in [0.1, 0.15) is 5.56 Å². The van der Waals surface area contributed by atoms with Crippen LogP contribution in [-0.4, -0.2) is 28.3 Å². The highest BCUT2D eigenvalue weighted by atomic mass is 35.5. The summed E-state index contributed by atoms with van der Waals surface area (Å²) in [5, 5.41) is 7.51. The van der Waals surface area contributed by atoms with Gasteiger partial charge in [0.25, 0.3) is 5.91 Å². The van der Waals surface area contributed by atoms with Gasteiger partial charge in [-0.25, -0.2) is 9.48 Å². The van der Waals surface area contributed by atoms with Crippen LogP contribution in [0.2, 0.25) is 5.02 Å². The third-order valence-electron chi connectivity index (χ3n) is 3.60. The number of nitrogens with zero attached hydrogens (tertiary/aromatic N) is 2. The summed E-state index contributed by atoms with van der Waals surface area (Å²) in [6, 6.07) is 15.6. The molecule has 1 amide bonds. The fraction of sp³-hybridized carbons (Fsp3) is 0.105. The fourth-order valence-electron chi connectivity index (χ4n) is 2.37. The van der Waals surface area contributed by atoms with Gasteiger partial charge >= 0.3 is 5.97 Å². The lowest BCUT2D eigenvalue weighted by Gasteiger charge is -2.11. The zero-order valence-corrected chi connectivity index (χ0v) is 14.7. The number of anilines is 1. The molecule has 26 heavy (non-hydrogen) atoms. The van der Waals surface area contributed by atoms with E-state index in [9.17, 15) is 9.59 Å². The Kier molecular flexibility index (Phi) is 5.34. The van der Waals surface area contributed by atoms with Gasteiger partial charge in [-0.05, 0) is 43.3 Å². The van der Waals surface area contributed by atoms with Gasteiger partial charge in [0, 0.05) is 10.6 Å². The van der Waals surface area contributed by atoms with E-state index >= 15 is 0 Å². The molecule has 7 heteroatoms. The maximum Gasteiger partial charge on any atom is 0.343 e. The molecule has 0 aliphatic heterocycles. The van der Waals surface area contributed by atoms with Crippen molar-refractivity contribution in [1.82, 2.24) is 9.78 Å². The number of hydrogen-bond donors (Lipinski definition) is 1. The van der Waals surface area contributed by atoms with Crippen LogP contribution < -0.4 is 5.32 Å². The lowest BCUT2D eigenvalue weighted by Crippen LogP contribution is -2.18. The number of hydrogen-bond acceptors (Lipinski definition) is 4. The Morgan fingerprint density at radius 1 is 1.12 bits per heavy atom. The van der Waals surface area contributed by atoms with Crippen molar-refractivity contribution in [2.24, 2.45) is 0 Å². The molecule has 3 rings (SSSR count).